The van der Waals surface area contributed by atoms with Crippen molar-refractivity contribution >= 4 is 17.9 Å². The summed E-state index contributed by atoms with van der Waals surface area (Å²) in [5.41, 5.74) is 0. The molecule has 0 bridgehead atoms. The second-order valence-corrected chi connectivity index (χ2v) is 21.0. The summed E-state index contributed by atoms with van der Waals surface area (Å²) >= 11 is 0. The second kappa shape index (κ2) is 59.2. The molecule has 6 heteroatoms. The summed E-state index contributed by atoms with van der Waals surface area (Å²) in [5.74, 6) is -0.884. The van der Waals surface area contributed by atoms with Gasteiger partial charge in [-0.15, -0.1) is 0 Å². The molecule has 0 saturated carbocycles. The summed E-state index contributed by atoms with van der Waals surface area (Å²) in [7, 11) is 0. The van der Waals surface area contributed by atoms with Crippen LogP contribution >= 0.6 is 0 Å². The summed E-state index contributed by atoms with van der Waals surface area (Å²) < 4.78 is 16.9. The van der Waals surface area contributed by atoms with Crippen LogP contribution in [0.3, 0.4) is 0 Å². The van der Waals surface area contributed by atoms with Crippen molar-refractivity contribution in [2.45, 2.75) is 341 Å². The van der Waals surface area contributed by atoms with E-state index in [0.29, 0.717) is 19.3 Å². The third-order valence-electron chi connectivity index (χ3n) is 13.8. The van der Waals surface area contributed by atoms with Gasteiger partial charge >= 0.3 is 17.9 Å². The zero-order valence-electron chi connectivity index (χ0n) is 47.1. The maximum Gasteiger partial charge on any atom is 0.306 e. The lowest BCUT2D eigenvalue weighted by atomic mass is 10.1. The molecule has 0 radical (unpaired) electrons. The summed E-state index contributed by atoms with van der Waals surface area (Å²) in [5, 5.41) is 0. The number of carbonyl (C=O) groups excluding carboxylic acids is 3. The van der Waals surface area contributed by atoms with E-state index in [1.807, 2.05) is 0 Å². The van der Waals surface area contributed by atoms with Crippen LogP contribution in [-0.4, -0.2) is 37.2 Å². The molecule has 0 rings (SSSR count). The lowest BCUT2D eigenvalue weighted by Gasteiger charge is -2.18. The van der Waals surface area contributed by atoms with Crippen LogP contribution < -0.4 is 0 Å². The molecule has 1 atom stereocenters. The van der Waals surface area contributed by atoms with Crippen molar-refractivity contribution in [3.05, 3.63) is 36.5 Å². The summed E-state index contributed by atoms with van der Waals surface area (Å²) in [4.78, 5) is 38.2. The van der Waals surface area contributed by atoms with Crippen molar-refractivity contribution in [2.75, 3.05) is 13.2 Å². The zero-order valence-corrected chi connectivity index (χ0v) is 47.1. The molecule has 0 spiro atoms. The van der Waals surface area contributed by atoms with E-state index in [2.05, 4.69) is 57.2 Å². The Bertz CT molecular complexity index is 1170. The predicted octanol–water partition coefficient (Wildman–Crippen LogP) is 20.8. The van der Waals surface area contributed by atoms with Crippen molar-refractivity contribution in [1.82, 2.24) is 0 Å². The number of unbranched alkanes of at least 4 members (excludes halogenated alkanes) is 40. The standard InChI is InChI=1S/C64H118O6/c1-4-7-10-13-16-19-22-25-28-30-32-34-36-39-42-45-48-51-54-57-63(66)69-60-61(59-68-62(65)56-53-50-47-44-41-38-27-24-21-18-15-12-9-6-3)70-64(67)58-55-52-49-46-43-40-37-35-33-31-29-26-23-20-17-14-11-8-5-2/h30-33,38,41,61H,4-29,34-37,39-40,42-60H2,1-3H3/b32-30-,33-31-,41-38-. The normalized spacial score (nSPS) is 12.2. The number of hydrogen-bond acceptors (Lipinski definition) is 6. The van der Waals surface area contributed by atoms with Gasteiger partial charge in [0.05, 0.1) is 0 Å². The van der Waals surface area contributed by atoms with Crippen molar-refractivity contribution in [2.24, 2.45) is 0 Å². The van der Waals surface area contributed by atoms with E-state index >= 15 is 0 Å². The number of rotatable bonds is 57. The van der Waals surface area contributed by atoms with E-state index in [4.69, 9.17) is 14.2 Å². The van der Waals surface area contributed by atoms with Crippen molar-refractivity contribution in [3.63, 3.8) is 0 Å². The smallest absolute Gasteiger partial charge is 0.306 e. The second-order valence-electron chi connectivity index (χ2n) is 21.0. The lowest BCUT2D eigenvalue weighted by molar-refractivity contribution is -0.167. The summed E-state index contributed by atoms with van der Waals surface area (Å²) in [6, 6.07) is 0. The number of ether oxygens (including phenoxy) is 3. The minimum atomic E-state index is -0.781. The highest BCUT2D eigenvalue weighted by atomic mass is 16.6. The van der Waals surface area contributed by atoms with Gasteiger partial charge in [0.1, 0.15) is 13.2 Å². The molecule has 0 aliphatic carbocycles. The monoisotopic (exact) mass is 983 g/mol. The fourth-order valence-corrected chi connectivity index (χ4v) is 9.13. The van der Waals surface area contributed by atoms with Crippen molar-refractivity contribution < 1.29 is 28.6 Å². The van der Waals surface area contributed by atoms with Gasteiger partial charge in [0.25, 0.3) is 0 Å². The first kappa shape index (κ1) is 67.6. The Hall–Kier alpha value is -2.37. The van der Waals surface area contributed by atoms with Gasteiger partial charge in [-0.2, -0.15) is 0 Å². The molecule has 410 valence electrons. The molecule has 70 heavy (non-hydrogen) atoms. The van der Waals surface area contributed by atoms with Crippen LogP contribution in [0.15, 0.2) is 36.5 Å². The molecule has 6 nitrogen and oxygen atoms in total. The van der Waals surface area contributed by atoms with Gasteiger partial charge in [-0.05, 0) is 96.3 Å². The minimum absolute atomic E-state index is 0.0784. The first-order valence-electron chi connectivity index (χ1n) is 31.0. The predicted molar refractivity (Wildman–Crippen MR) is 302 cm³/mol. The van der Waals surface area contributed by atoms with Gasteiger partial charge < -0.3 is 14.2 Å². The highest BCUT2D eigenvalue weighted by Gasteiger charge is 2.19. The van der Waals surface area contributed by atoms with Gasteiger partial charge in [0.15, 0.2) is 6.10 Å². The van der Waals surface area contributed by atoms with Gasteiger partial charge in [0, 0.05) is 19.3 Å². The molecule has 0 fully saturated rings. The molecule has 0 aliphatic rings. The van der Waals surface area contributed by atoms with Gasteiger partial charge in [-0.1, -0.05) is 256 Å². The van der Waals surface area contributed by atoms with Crippen LogP contribution in [0.25, 0.3) is 0 Å². The number of carbonyl (C=O) groups is 3. The number of allylic oxidation sites excluding steroid dienone is 6. The molecule has 0 aromatic carbocycles. The quantitative estimate of drug-likeness (QED) is 0.0261. The SMILES string of the molecule is CCCCCCCCC/C=C\CCCCCC(=O)OCC(COC(=O)CCCCCCCCC/C=C\CCCCCCCCCC)OC(=O)CCCCCCCCC/C=C\CCCCCCCCCC. The molecule has 0 amide bonds. The third kappa shape index (κ3) is 56.5. The fraction of sp³-hybridized carbons (Fsp3) is 0.859. The Balaban J connectivity index is 4.35. The summed E-state index contributed by atoms with van der Waals surface area (Å²) in [6.45, 7) is 6.66. The first-order chi connectivity index (χ1) is 34.5. The molecule has 0 heterocycles. The van der Waals surface area contributed by atoms with E-state index < -0.39 is 6.10 Å². The van der Waals surface area contributed by atoms with Crippen LogP contribution in [-0.2, 0) is 28.6 Å². The Kier molecular flexibility index (Phi) is 57.2. The molecule has 0 saturated heterocycles. The van der Waals surface area contributed by atoms with E-state index in [1.54, 1.807) is 0 Å². The van der Waals surface area contributed by atoms with E-state index in [9.17, 15) is 14.4 Å². The zero-order chi connectivity index (χ0) is 50.7. The van der Waals surface area contributed by atoms with Gasteiger partial charge in [-0.25, -0.2) is 0 Å². The average molecular weight is 984 g/mol. The van der Waals surface area contributed by atoms with Crippen molar-refractivity contribution in [1.29, 1.82) is 0 Å². The summed E-state index contributed by atoms with van der Waals surface area (Å²) in [6.07, 6.45) is 71.4. The van der Waals surface area contributed by atoms with E-state index in [1.165, 1.54) is 225 Å². The van der Waals surface area contributed by atoms with Gasteiger partial charge in [0.2, 0.25) is 0 Å². The van der Waals surface area contributed by atoms with Crippen LogP contribution in [0.1, 0.15) is 335 Å². The highest BCUT2D eigenvalue weighted by molar-refractivity contribution is 5.71. The van der Waals surface area contributed by atoms with Crippen LogP contribution in [0.4, 0.5) is 0 Å². The van der Waals surface area contributed by atoms with Gasteiger partial charge in [-0.3, -0.25) is 14.4 Å². The highest BCUT2D eigenvalue weighted by Crippen LogP contribution is 2.16. The molecule has 1 unspecified atom stereocenters. The molecule has 0 N–H and O–H groups in total. The topological polar surface area (TPSA) is 78.9 Å². The third-order valence-corrected chi connectivity index (χ3v) is 13.8. The maximum absolute atomic E-state index is 12.9. The molecule has 0 aromatic heterocycles. The number of hydrogen-bond donors (Lipinski definition) is 0. The minimum Gasteiger partial charge on any atom is -0.462 e. The van der Waals surface area contributed by atoms with Crippen LogP contribution in [0.2, 0.25) is 0 Å². The van der Waals surface area contributed by atoms with E-state index in [-0.39, 0.29) is 31.1 Å². The van der Waals surface area contributed by atoms with Crippen LogP contribution in [0, 0.1) is 0 Å². The molecule has 0 aromatic rings. The Morgan fingerprint density at radius 2 is 0.471 bits per heavy atom. The Morgan fingerprint density at radius 1 is 0.271 bits per heavy atom. The lowest BCUT2D eigenvalue weighted by Crippen LogP contribution is -2.30. The van der Waals surface area contributed by atoms with Crippen LogP contribution in [0.5, 0.6) is 0 Å². The van der Waals surface area contributed by atoms with Crippen molar-refractivity contribution in [3.8, 4) is 0 Å². The molecular formula is C64H118O6. The first-order valence-corrected chi connectivity index (χ1v) is 31.0. The largest absolute Gasteiger partial charge is 0.462 e. The Labute approximate surface area is 435 Å². The average Bonchev–Trinajstić information content (AvgIpc) is 3.36. The molecule has 0 aliphatic heterocycles. The maximum atomic E-state index is 12.9. The number of esters is 3. The Morgan fingerprint density at radius 3 is 0.729 bits per heavy atom. The molecular weight excluding hydrogens is 865 g/mol. The fourth-order valence-electron chi connectivity index (χ4n) is 9.13. The van der Waals surface area contributed by atoms with E-state index in [0.717, 1.165) is 70.6 Å².